The number of hydrogen-bond donors (Lipinski definition) is 2. The van der Waals surface area contributed by atoms with Gasteiger partial charge in [0.2, 0.25) is 5.91 Å². The molecular weight excluding hydrogens is 423 g/mol. The lowest BCUT2D eigenvalue weighted by molar-refractivity contribution is -0.119. The number of halogens is 2. The van der Waals surface area contributed by atoms with Crippen molar-refractivity contribution in [2.24, 2.45) is 4.99 Å². The van der Waals surface area contributed by atoms with Crippen LogP contribution in [-0.2, 0) is 9.59 Å². The lowest BCUT2D eigenvalue weighted by atomic mass is 9.98. The van der Waals surface area contributed by atoms with Gasteiger partial charge in [0.1, 0.15) is 22.9 Å². The molecule has 7 nitrogen and oxygen atoms in total. The first-order chi connectivity index (χ1) is 14.9. The van der Waals surface area contributed by atoms with Crippen LogP contribution in [0.3, 0.4) is 0 Å². The Hall–Kier alpha value is -2.97. The van der Waals surface area contributed by atoms with E-state index in [1.165, 1.54) is 12.1 Å². The molecule has 0 unspecified atom stereocenters. The quantitative estimate of drug-likeness (QED) is 0.743. The van der Waals surface area contributed by atoms with Gasteiger partial charge in [0, 0.05) is 36.5 Å². The number of anilines is 1. The summed E-state index contributed by atoms with van der Waals surface area (Å²) in [7, 11) is 1.59. The normalized spacial score (nSPS) is 17.9. The maximum absolute atomic E-state index is 13.9. The number of nitrogens with one attached hydrogen (secondary N) is 2. The van der Waals surface area contributed by atoms with Gasteiger partial charge in [-0.15, -0.1) is 0 Å². The lowest BCUT2D eigenvalue weighted by Crippen LogP contribution is -2.52. The first kappa shape index (κ1) is 21.3. The van der Waals surface area contributed by atoms with E-state index in [-0.39, 0.29) is 29.1 Å². The first-order valence-corrected chi connectivity index (χ1v) is 10.3. The van der Waals surface area contributed by atoms with E-state index in [1.807, 2.05) is 17.0 Å². The van der Waals surface area contributed by atoms with Crippen LogP contribution in [0.1, 0.15) is 18.4 Å². The fraction of sp³-hybridized carbons (Fsp3) is 0.318. The van der Waals surface area contributed by atoms with Gasteiger partial charge in [0.25, 0.3) is 5.91 Å². The Kier molecular flexibility index (Phi) is 5.93. The maximum atomic E-state index is 13.9. The van der Waals surface area contributed by atoms with Gasteiger partial charge >= 0.3 is 0 Å². The largest absolute Gasteiger partial charge is 0.497 e. The van der Waals surface area contributed by atoms with Crippen LogP contribution in [0.2, 0.25) is 5.02 Å². The van der Waals surface area contributed by atoms with Crippen LogP contribution in [-0.4, -0.2) is 54.8 Å². The third-order valence-corrected chi connectivity index (χ3v) is 5.74. The van der Waals surface area contributed by atoms with E-state index in [0.717, 1.165) is 11.6 Å². The molecule has 4 rings (SSSR count). The molecule has 2 aliphatic rings. The van der Waals surface area contributed by atoms with E-state index >= 15 is 0 Å². The van der Waals surface area contributed by atoms with Gasteiger partial charge in [-0.2, -0.15) is 0 Å². The SMILES string of the molecule is COc1ccc(C2=NC3(CCN(CC(=O)Nc4ccc(Cl)cc4F)CC3)NC2=O)cc1. The molecule has 0 aliphatic carbocycles. The van der Waals surface area contributed by atoms with Crippen LogP contribution in [0.5, 0.6) is 5.75 Å². The minimum absolute atomic E-state index is 0.0969. The zero-order chi connectivity index (χ0) is 22.0. The summed E-state index contributed by atoms with van der Waals surface area (Å²) in [4.78, 5) is 31.5. The van der Waals surface area contributed by atoms with Crippen LogP contribution in [0.4, 0.5) is 10.1 Å². The highest BCUT2D eigenvalue weighted by Crippen LogP contribution is 2.29. The summed E-state index contributed by atoms with van der Waals surface area (Å²) in [6.07, 6.45) is 1.17. The van der Waals surface area contributed by atoms with Gasteiger partial charge in [-0.1, -0.05) is 11.6 Å². The maximum Gasteiger partial charge on any atom is 0.272 e. The number of carbonyl (C=O) groups is 2. The fourth-order valence-electron chi connectivity index (χ4n) is 3.81. The molecule has 2 amide bonds. The molecule has 0 bridgehead atoms. The Balaban J connectivity index is 1.36. The second-order valence-corrected chi connectivity index (χ2v) is 8.06. The highest BCUT2D eigenvalue weighted by molar-refractivity contribution is 6.46. The number of piperidine rings is 1. The van der Waals surface area contributed by atoms with Crippen molar-refractivity contribution >= 4 is 34.8 Å². The summed E-state index contributed by atoms with van der Waals surface area (Å²) in [6, 6.07) is 11.3. The van der Waals surface area contributed by atoms with Crippen molar-refractivity contribution in [2.75, 3.05) is 32.1 Å². The number of methoxy groups -OCH3 is 1. The van der Waals surface area contributed by atoms with Crippen LogP contribution in [0.25, 0.3) is 0 Å². The summed E-state index contributed by atoms with van der Waals surface area (Å²) < 4.78 is 19.0. The van der Waals surface area contributed by atoms with Crippen molar-refractivity contribution in [1.82, 2.24) is 10.2 Å². The Labute approximate surface area is 184 Å². The summed E-state index contributed by atoms with van der Waals surface area (Å²) in [5, 5.41) is 5.85. The number of amides is 2. The average Bonchev–Trinajstić information content (AvgIpc) is 3.08. The van der Waals surface area contributed by atoms with Crippen molar-refractivity contribution in [3.63, 3.8) is 0 Å². The summed E-state index contributed by atoms with van der Waals surface area (Å²) >= 11 is 5.73. The van der Waals surface area contributed by atoms with Gasteiger partial charge in [-0.25, -0.2) is 4.39 Å². The zero-order valence-electron chi connectivity index (χ0n) is 17.0. The van der Waals surface area contributed by atoms with E-state index < -0.39 is 11.5 Å². The van der Waals surface area contributed by atoms with Gasteiger partial charge in [-0.3, -0.25) is 19.5 Å². The van der Waals surface area contributed by atoms with Crippen molar-refractivity contribution in [2.45, 2.75) is 18.5 Å². The number of benzene rings is 2. The Morgan fingerprint density at radius 2 is 1.97 bits per heavy atom. The number of carbonyl (C=O) groups excluding carboxylic acids is 2. The van der Waals surface area contributed by atoms with Gasteiger partial charge < -0.3 is 15.4 Å². The molecule has 1 saturated heterocycles. The first-order valence-electron chi connectivity index (χ1n) is 9.91. The molecule has 2 aromatic rings. The van der Waals surface area contributed by atoms with E-state index in [9.17, 15) is 14.0 Å². The molecular formula is C22H22ClFN4O3. The van der Waals surface area contributed by atoms with Crippen molar-refractivity contribution in [3.8, 4) is 5.75 Å². The molecule has 2 aromatic carbocycles. The molecule has 0 saturated carbocycles. The Bertz CT molecular complexity index is 1030. The molecule has 9 heteroatoms. The summed E-state index contributed by atoms with van der Waals surface area (Å²) in [6.45, 7) is 1.29. The Morgan fingerprint density at radius 3 is 2.61 bits per heavy atom. The highest BCUT2D eigenvalue weighted by Gasteiger charge is 2.42. The molecule has 1 spiro atoms. The molecule has 2 N–H and O–H groups in total. The molecule has 31 heavy (non-hydrogen) atoms. The van der Waals surface area contributed by atoms with E-state index in [2.05, 4.69) is 10.6 Å². The van der Waals surface area contributed by atoms with Crippen LogP contribution in [0, 0.1) is 5.82 Å². The molecule has 2 heterocycles. The van der Waals surface area contributed by atoms with Crippen molar-refractivity contribution in [3.05, 3.63) is 58.9 Å². The molecule has 1 fully saturated rings. The monoisotopic (exact) mass is 444 g/mol. The summed E-state index contributed by atoms with van der Waals surface area (Å²) in [5.74, 6) is -0.375. The zero-order valence-corrected chi connectivity index (χ0v) is 17.7. The van der Waals surface area contributed by atoms with Crippen LogP contribution >= 0.6 is 11.6 Å². The summed E-state index contributed by atoms with van der Waals surface area (Å²) in [5.41, 5.74) is 0.593. The minimum atomic E-state index is -0.651. The Morgan fingerprint density at radius 1 is 1.26 bits per heavy atom. The highest BCUT2D eigenvalue weighted by atomic mass is 35.5. The fourth-order valence-corrected chi connectivity index (χ4v) is 3.97. The molecule has 0 atom stereocenters. The average molecular weight is 445 g/mol. The smallest absolute Gasteiger partial charge is 0.272 e. The third kappa shape index (κ3) is 4.70. The molecule has 162 valence electrons. The van der Waals surface area contributed by atoms with Crippen LogP contribution in [0.15, 0.2) is 47.5 Å². The lowest BCUT2D eigenvalue weighted by Gasteiger charge is -2.36. The standard InChI is InChI=1S/C22H22ClFN4O3/c1-31-16-5-2-14(3-6-16)20-21(30)27-22(26-20)8-10-28(11-9-22)13-19(29)25-18-7-4-15(23)12-17(18)24/h2-7,12H,8-11,13H2,1H3,(H,25,29)(H,27,30). The number of rotatable bonds is 5. The van der Waals surface area contributed by atoms with Crippen molar-refractivity contribution < 1.29 is 18.7 Å². The van der Waals surface area contributed by atoms with E-state index in [0.29, 0.717) is 37.4 Å². The van der Waals surface area contributed by atoms with Gasteiger partial charge in [0.15, 0.2) is 0 Å². The van der Waals surface area contributed by atoms with E-state index in [4.69, 9.17) is 21.3 Å². The predicted octanol–water partition coefficient (Wildman–Crippen LogP) is 2.84. The van der Waals surface area contributed by atoms with Crippen molar-refractivity contribution in [1.29, 1.82) is 0 Å². The number of aliphatic imine (C=N–C) groups is 1. The van der Waals surface area contributed by atoms with Gasteiger partial charge in [0.05, 0.1) is 19.3 Å². The number of likely N-dealkylation sites (tertiary alicyclic amines) is 1. The molecule has 2 aliphatic heterocycles. The topological polar surface area (TPSA) is 83.0 Å². The van der Waals surface area contributed by atoms with E-state index in [1.54, 1.807) is 19.2 Å². The molecule has 0 aromatic heterocycles. The second kappa shape index (κ2) is 8.64. The number of hydrogen-bond acceptors (Lipinski definition) is 5. The third-order valence-electron chi connectivity index (χ3n) is 5.51. The molecule has 0 radical (unpaired) electrons. The number of ether oxygens (including phenoxy) is 1. The van der Waals surface area contributed by atoms with Crippen LogP contribution < -0.4 is 15.4 Å². The van der Waals surface area contributed by atoms with Gasteiger partial charge in [-0.05, 0) is 42.5 Å². The predicted molar refractivity (Wildman–Crippen MR) is 116 cm³/mol. The minimum Gasteiger partial charge on any atom is -0.497 e. The number of nitrogens with zero attached hydrogens (tertiary/aromatic N) is 2. The second-order valence-electron chi connectivity index (χ2n) is 7.62.